The predicted molar refractivity (Wildman–Crippen MR) is 273 cm³/mol. The number of amides is 7. The van der Waals surface area contributed by atoms with Crippen LogP contribution in [0.1, 0.15) is 70.9 Å². The first-order valence-corrected chi connectivity index (χ1v) is 27.3. The number of anilines is 1. The maximum atomic E-state index is 14.3. The molecule has 2 unspecified atom stereocenters. The maximum absolute atomic E-state index is 14.3. The van der Waals surface area contributed by atoms with Crippen LogP contribution in [0, 0.1) is 11.8 Å². The van der Waals surface area contributed by atoms with Crippen molar-refractivity contribution in [3.05, 3.63) is 52.1 Å². The summed E-state index contributed by atoms with van der Waals surface area (Å²) in [5.74, 6) is -4.51. The van der Waals surface area contributed by atoms with Gasteiger partial charge in [-0.3, -0.25) is 43.9 Å². The summed E-state index contributed by atoms with van der Waals surface area (Å²) in [7, 11) is 2.93. The second-order valence-corrected chi connectivity index (χ2v) is 22.1. The Hall–Kier alpha value is -4.59. The number of epoxide rings is 1. The van der Waals surface area contributed by atoms with Crippen molar-refractivity contribution in [2.24, 2.45) is 11.8 Å². The zero-order valence-corrected chi connectivity index (χ0v) is 45.1. The topological polar surface area (TPSA) is 272 Å². The minimum atomic E-state index is -1.92. The lowest BCUT2D eigenvalue weighted by atomic mass is 9.81. The SMILES string of the molecule is CSC1CC(=O)N(CCOCCOCCN2C(=O)CC(SCCC(=O)N(C)[C@H](C)C(=O)O[C@H]3CC(=O)N(C)c4cc(cc(CO)c4Cl)C/C(C)=C/C=C/[C@@H](CO)[C@@]4(O)C[C@H](OC(=O)N4)[C@@H](C)[C@@H]4O[C@@]34C)C2=O)C1=O. The molecular weight excluding hydrogens is 1030 g/mol. The number of hydrogen-bond donors (Lipinski definition) is 4. The molecule has 4 fully saturated rings. The predicted octanol–water partition coefficient (Wildman–Crippen LogP) is 2.37. The standard InChI is InChI=1S/C50H68ClN5O16S2/c1-28-9-8-10-33(27-58)50(67)25-35(70-48(66)52-50)29(2)44-49(4,72-44)38(24-40(60)54(6)34-21-31(19-28)20-32(26-57)43(34)51)71-47(65)30(3)53(5)39(59)11-18-74-37-23-42(62)56(46(37)64)13-15-69-17-16-68-14-12-55-41(61)22-36(73-7)45(55)63/h8-10,20-21,29-30,33,35-38,44,57-58,67H,11-19,22-27H2,1-7H3,(H,52,66)/b10-8+,28-9+/t29-,30-,33+,35+,36?,37?,38+,44+,49+,50+/m1/s1. The third kappa shape index (κ3) is 13.7. The molecule has 1 aromatic rings. The largest absolute Gasteiger partial charge is 0.457 e. The number of nitrogens with zero attached hydrogens (tertiary/aromatic N) is 4. The van der Waals surface area contributed by atoms with Crippen LogP contribution in [-0.2, 0) is 70.3 Å². The highest BCUT2D eigenvalue weighted by molar-refractivity contribution is 8.00. The van der Waals surface area contributed by atoms with Gasteiger partial charge in [0.2, 0.25) is 35.4 Å². The number of benzene rings is 1. The Morgan fingerprint density at radius 2 is 1.61 bits per heavy atom. The molecule has 10 atom stereocenters. The number of aliphatic hydroxyl groups excluding tert-OH is 2. The van der Waals surface area contributed by atoms with Crippen LogP contribution in [0.5, 0.6) is 0 Å². The summed E-state index contributed by atoms with van der Waals surface area (Å²) in [6.45, 7) is 6.50. The number of likely N-dealkylation sites (N-methyl/N-ethyl adjacent to an activating group) is 1. The summed E-state index contributed by atoms with van der Waals surface area (Å²) < 4.78 is 29.1. The number of imide groups is 2. The molecule has 1 aromatic carbocycles. The molecule has 0 radical (unpaired) electrons. The molecule has 6 rings (SSSR count). The van der Waals surface area contributed by atoms with Gasteiger partial charge in [0.1, 0.15) is 23.9 Å². The van der Waals surface area contributed by atoms with E-state index in [1.807, 2.05) is 6.92 Å². The van der Waals surface area contributed by atoms with Gasteiger partial charge in [-0.05, 0) is 50.6 Å². The summed E-state index contributed by atoms with van der Waals surface area (Å²) in [6, 6.07) is 2.27. The van der Waals surface area contributed by atoms with E-state index in [9.17, 15) is 53.7 Å². The fraction of sp³-hybridized carbons (Fsp3) is 0.640. The number of allylic oxidation sites excluding steroid dienone is 3. The lowest BCUT2D eigenvalue weighted by molar-refractivity contribution is -0.162. The minimum absolute atomic E-state index is 0.0242. The molecule has 74 heavy (non-hydrogen) atoms. The number of aliphatic hydroxyl groups is 3. The molecule has 5 aliphatic heterocycles. The Labute approximate surface area is 443 Å². The third-order valence-corrected chi connectivity index (χ3v) is 16.9. The second-order valence-electron chi connectivity index (χ2n) is 19.4. The van der Waals surface area contributed by atoms with Gasteiger partial charge in [-0.25, -0.2) is 9.59 Å². The summed E-state index contributed by atoms with van der Waals surface area (Å²) in [5, 5.41) is 34.0. The van der Waals surface area contributed by atoms with Gasteiger partial charge in [-0.15, -0.1) is 11.8 Å². The Bertz CT molecular complexity index is 2380. The van der Waals surface area contributed by atoms with E-state index in [4.69, 9.17) is 35.3 Å². The lowest BCUT2D eigenvalue weighted by Gasteiger charge is -2.42. The van der Waals surface area contributed by atoms with Crippen LogP contribution in [0.3, 0.4) is 0 Å². The van der Waals surface area contributed by atoms with Crippen LogP contribution in [0.2, 0.25) is 5.02 Å². The molecule has 4 saturated heterocycles. The fourth-order valence-electron chi connectivity index (χ4n) is 9.49. The number of ether oxygens (including phenoxy) is 5. The van der Waals surface area contributed by atoms with Gasteiger partial charge in [0, 0.05) is 57.4 Å². The Kier molecular flexibility index (Phi) is 20.2. The van der Waals surface area contributed by atoms with Crippen LogP contribution in [-0.4, -0.2) is 196 Å². The van der Waals surface area contributed by atoms with Gasteiger partial charge in [-0.1, -0.05) is 48.4 Å². The quantitative estimate of drug-likeness (QED) is 0.0670. The number of halogens is 1. The van der Waals surface area contributed by atoms with Gasteiger partial charge in [0.25, 0.3) is 0 Å². The first-order chi connectivity index (χ1) is 35.1. The highest BCUT2D eigenvalue weighted by Gasteiger charge is 2.64. The van der Waals surface area contributed by atoms with Crippen LogP contribution < -0.4 is 10.2 Å². The van der Waals surface area contributed by atoms with Crippen molar-refractivity contribution < 1.29 is 77.4 Å². The monoisotopic (exact) mass is 1090 g/mol. The number of alkyl carbamates (subject to hydrolysis) is 1. The van der Waals surface area contributed by atoms with Gasteiger partial charge in [0.05, 0.1) is 86.5 Å². The molecule has 408 valence electrons. The molecule has 0 spiro atoms. The number of thioether (sulfide) groups is 2. The fourth-order valence-corrected chi connectivity index (χ4v) is 11.5. The van der Waals surface area contributed by atoms with E-state index in [1.54, 1.807) is 50.5 Å². The Morgan fingerprint density at radius 3 is 2.22 bits per heavy atom. The second kappa shape index (κ2) is 25.5. The molecular formula is C50H68ClN5O16S2. The smallest absolute Gasteiger partial charge is 0.409 e. The molecule has 0 saturated carbocycles. The average Bonchev–Trinajstić information content (AvgIpc) is 3.88. The number of likely N-dealkylation sites (tertiary alicyclic amines) is 2. The summed E-state index contributed by atoms with van der Waals surface area (Å²) in [6.07, 6.45) is 2.71. The van der Waals surface area contributed by atoms with Gasteiger partial charge in [0.15, 0.2) is 5.72 Å². The van der Waals surface area contributed by atoms with E-state index in [-0.39, 0.29) is 98.9 Å². The molecule has 5 aliphatic rings. The normalized spacial score (nSPS) is 30.1. The Morgan fingerprint density at radius 1 is 0.973 bits per heavy atom. The summed E-state index contributed by atoms with van der Waals surface area (Å²) in [5.41, 5.74) is -1.06. The highest BCUT2D eigenvalue weighted by Crippen LogP contribution is 2.49. The van der Waals surface area contributed by atoms with Crippen LogP contribution >= 0.6 is 35.1 Å². The maximum Gasteiger partial charge on any atom is 0.409 e. The van der Waals surface area contributed by atoms with Crippen LogP contribution in [0.25, 0.3) is 0 Å². The Balaban J connectivity index is 1.06. The van der Waals surface area contributed by atoms with Crippen molar-refractivity contribution >= 4 is 88.3 Å². The molecule has 0 aromatic heterocycles. The van der Waals surface area contributed by atoms with E-state index in [0.717, 1.165) is 22.2 Å². The lowest BCUT2D eigenvalue weighted by Crippen LogP contribution is -2.62. The van der Waals surface area contributed by atoms with Crippen LogP contribution in [0.15, 0.2) is 35.9 Å². The number of esters is 1. The van der Waals surface area contributed by atoms with Crippen molar-refractivity contribution in [1.29, 1.82) is 0 Å². The van der Waals surface area contributed by atoms with Crippen molar-refractivity contribution in [1.82, 2.24) is 20.0 Å². The van der Waals surface area contributed by atoms with Crippen LogP contribution in [0.4, 0.5) is 10.5 Å². The molecule has 4 bridgehead atoms. The van der Waals surface area contributed by atoms with Gasteiger partial charge >= 0.3 is 12.1 Å². The summed E-state index contributed by atoms with van der Waals surface area (Å²) >= 11 is 9.25. The van der Waals surface area contributed by atoms with Crippen molar-refractivity contribution in [3.8, 4) is 0 Å². The molecule has 21 nitrogen and oxygen atoms in total. The minimum Gasteiger partial charge on any atom is -0.457 e. The van der Waals surface area contributed by atoms with Crippen molar-refractivity contribution in [2.75, 3.05) is 77.1 Å². The number of carbonyl (C=O) groups excluding carboxylic acids is 8. The molecule has 24 heteroatoms. The van der Waals surface area contributed by atoms with Gasteiger partial charge < -0.3 is 48.8 Å². The third-order valence-electron chi connectivity index (χ3n) is 14.3. The first kappa shape index (κ1) is 58.7. The van der Waals surface area contributed by atoms with E-state index in [0.29, 0.717) is 23.2 Å². The van der Waals surface area contributed by atoms with Crippen molar-refractivity contribution in [3.63, 3.8) is 0 Å². The zero-order chi connectivity index (χ0) is 54.2. The highest BCUT2D eigenvalue weighted by atomic mass is 35.5. The van der Waals surface area contributed by atoms with E-state index >= 15 is 0 Å². The number of rotatable bonds is 19. The average molecular weight is 1090 g/mol. The number of carbonyl (C=O) groups is 8. The number of fused-ring (bicyclic) bond motifs is 5. The number of hydrogen-bond acceptors (Lipinski definition) is 18. The summed E-state index contributed by atoms with van der Waals surface area (Å²) in [4.78, 5) is 110. The number of nitrogens with one attached hydrogen (secondary N) is 1. The van der Waals surface area contributed by atoms with Gasteiger partial charge in [-0.2, -0.15) is 11.8 Å². The molecule has 0 aliphatic carbocycles. The molecule has 7 amide bonds. The molecule has 4 N–H and O–H groups in total. The van der Waals surface area contributed by atoms with E-state index in [2.05, 4.69) is 5.32 Å². The molecule has 5 heterocycles. The van der Waals surface area contributed by atoms with E-state index in [1.165, 1.54) is 47.5 Å². The first-order valence-electron chi connectivity index (χ1n) is 24.5. The zero-order valence-electron chi connectivity index (χ0n) is 42.7. The van der Waals surface area contributed by atoms with Crippen molar-refractivity contribution in [2.45, 2.75) is 119 Å². The van der Waals surface area contributed by atoms with E-state index < -0.39 is 102 Å².